The second kappa shape index (κ2) is 4.89. The molecule has 1 heterocycles. The lowest BCUT2D eigenvalue weighted by molar-refractivity contribution is -0.620. The van der Waals surface area contributed by atoms with Gasteiger partial charge in [0.1, 0.15) is 6.54 Å². The Hall–Kier alpha value is -1.08. The molecule has 1 unspecified atom stereocenters. The monoisotopic (exact) mass is 275 g/mol. The number of aliphatic carboxylic acids is 1. The fourth-order valence-corrected chi connectivity index (χ4v) is 2.50. The maximum absolute atomic E-state index is 12.2. The first-order valence-electron chi connectivity index (χ1n) is 5.80. The number of hydrogen-bond acceptors (Lipinski definition) is 4. The van der Waals surface area contributed by atoms with E-state index in [-0.39, 0.29) is 24.9 Å². The molecule has 1 saturated heterocycles. The lowest BCUT2D eigenvalue weighted by Gasteiger charge is -2.20. The van der Waals surface area contributed by atoms with Crippen molar-refractivity contribution in [3.63, 3.8) is 0 Å². The number of urea groups is 1. The molecule has 1 N–H and O–H groups in total. The minimum Gasteiger partial charge on any atom is -0.481 e. The first-order valence-corrected chi connectivity index (χ1v) is 6.20. The van der Waals surface area contributed by atoms with Crippen LogP contribution >= 0.6 is 12.8 Å². The Morgan fingerprint density at radius 2 is 1.94 bits per heavy atom. The van der Waals surface area contributed by atoms with Gasteiger partial charge in [-0.15, -0.1) is 3.89 Å². The van der Waals surface area contributed by atoms with Crippen LogP contribution in [0.5, 0.6) is 0 Å². The summed E-state index contributed by atoms with van der Waals surface area (Å²) in [5.41, 5.74) is -0.869. The number of carboxylic acids is 1. The van der Waals surface area contributed by atoms with Crippen LogP contribution in [0.25, 0.3) is 0 Å². The Balaban J connectivity index is 2.71. The Kier molecular flexibility index (Phi) is 4.07. The first kappa shape index (κ1) is 15.0. The molecule has 0 aromatic carbocycles. The Morgan fingerprint density at radius 1 is 1.39 bits per heavy atom. The molecule has 0 spiro atoms. The Morgan fingerprint density at radius 3 is 2.33 bits per heavy atom. The van der Waals surface area contributed by atoms with Gasteiger partial charge in [0.05, 0.1) is 12.8 Å². The van der Waals surface area contributed by atoms with Crippen LogP contribution in [0.2, 0.25) is 0 Å². The van der Waals surface area contributed by atoms with Gasteiger partial charge in [-0.25, -0.2) is 9.59 Å². The summed E-state index contributed by atoms with van der Waals surface area (Å²) in [5, 5.41) is 8.53. The minimum absolute atomic E-state index is 0.0371. The molecule has 1 fully saturated rings. The number of thiol groups is 1. The third-order valence-electron chi connectivity index (χ3n) is 3.42. The lowest BCUT2D eigenvalue weighted by Crippen LogP contribution is -2.47. The summed E-state index contributed by atoms with van der Waals surface area (Å²) in [7, 11) is 1.58. The molecule has 1 aliphatic heterocycles. The van der Waals surface area contributed by atoms with E-state index in [1.54, 1.807) is 20.9 Å². The van der Waals surface area contributed by atoms with Crippen LogP contribution in [0.15, 0.2) is 0 Å². The molecular formula is C11H19N2O4S+. The number of nitrogens with zero attached hydrogens (tertiary/aromatic N) is 2. The number of carboxylic acid groups (broad SMARTS) is 1. The normalized spacial score (nSPS) is 26.8. The summed E-state index contributed by atoms with van der Waals surface area (Å²) in [5.74, 6) is -1.15. The number of carbonyl (C=O) groups is 3. The predicted octanol–water partition coefficient (Wildman–Crippen LogP) is 1.27. The van der Waals surface area contributed by atoms with Crippen molar-refractivity contribution in [1.29, 1.82) is 0 Å². The number of likely N-dealkylation sites (N-methyl/N-ethyl adjacent to an activating group) is 1. The van der Waals surface area contributed by atoms with E-state index in [1.165, 1.54) is 4.90 Å². The summed E-state index contributed by atoms with van der Waals surface area (Å²) in [6.07, 6.45) is 0.938. The number of amides is 3. The summed E-state index contributed by atoms with van der Waals surface area (Å²) in [6.45, 7) is 3.59. The zero-order chi connectivity index (χ0) is 14.1. The average Bonchev–Trinajstić information content (AvgIpc) is 2.40. The standard InChI is InChI=1S/C11H18N2O4S/c1-11(2)9(16)13(18,10(17)12(11)3)7-5-4-6-8(14)15/h18H,4-7H2,1-3H3/p+1. The van der Waals surface area contributed by atoms with Crippen molar-refractivity contribution in [2.24, 2.45) is 0 Å². The molecule has 102 valence electrons. The molecule has 0 bridgehead atoms. The topological polar surface area (TPSA) is 74.7 Å². The van der Waals surface area contributed by atoms with Gasteiger partial charge in [-0.3, -0.25) is 9.69 Å². The van der Waals surface area contributed by atoms with Gasteiger partial charge in [-0.05, 0) is 26.7 Å². The van der Waals surface area contributed by atoms with E-state index in [9.17, 15) is 14.4 Å². The third-order valence-corrected chi connectivity index (χ3v) is 3.98. The average molecular weight is 275 g/mol. The van der Waals surface area contributed by atoms with Gasteiger partial charge < -0.3 is 5.11 Å². The molecule has 18 heavy (non-hydrogen) atoms. The van der Waals surface area contributed by atoms with Gasteiger partial charge >= 0.3 is 17.9 Å². The van der Waals surface area contributed by atoms with Crippen LogP contribution in [-0.4, -0.2) is 50.9 Å². The van der Waals surface area contributed by atoms with E-state index in [1.807, 2.05) is 0 Å². The van der Waals surface area contributed by atoms with Crippen molar-refractivity contribution in [3.8, 4) is 0 Å². The van der Waals surface area contributed by atoms with Crippen LogP contribution in [0.3, 0.4) is 0 Å². The van der Waals surface area contributed by atoms with Gasteiger partial charge in [0, 0.05) is 13.5 Å². The molecule has 1 atom stereocenters. The molecule has 3 amide bonds. The van der Waals surface area contributed by atoms with Gasteiger partial charge in [0.25, 0.3) is 0 Å². The second-order valence-corrected chi connectivity index (χ2v) is 5.73. The van der Waals surface area contributed by atoms with Crippen LogP contribution in [0, 0.1) is 0 Å². The highest BCUT2D eigenvalue weighted by molar-refractivity contribution is 7.75. The van der Waals surface area contributed by atoms with Crippen LogP contribution < -0.4 is 0 Å². The predicted molar refractivity (Wildman–Crippen MR) is 67.8 cm³/mol. The molecule has 1 aliphatic rings. The van der Waals surface area contributed by atoms with Crippen LogP contribution in [-0.2, 0) is 9.59 Å². The first-order chi connectivity index (χ1) is 8.14. The molecule has 0 radical (unpaired) electrons. The summed E-state index contributed by atoms with van der Waals surface area (Å²) < 4.78 is -0.566. The van der Waals surface area contributed by atoms with E-state index in [0.717, 1.165) is 0 Å². The van der Waals surface area contributed by atoms with E-state index in [4.69, 9.17) is 5.11 Å². The number of hydrogen-bond donors (Lipinski definition) is 2. The Labute approximate surface area is 112 Å². The van der Waals surface area contributed by atoms with Crippen molar-refractivity contribution >= 4 is 30.7 Å². The second-order valence-electron chi connectivity index (χ2n) is 5.05. The van der Waals surface area contributed by atoms with Crippen molar-refractivity contribution in [2.75, 3.05) is 13.6 Å². The lowest BCUT2D eigenvalue weighted by atomic mass is 10.1. The summed E-state index contributed by atoms with van der Waals surface area (Å²) in [4.78, 5) is 36.1. The van der Waals surface area contributed by atoms with E-state index < -0.39 is 15.4 Å². The SMILES string of the molecule is CN1C(=O)[N+](S)(CCCCC(=O)O)C(=O)C1(C)C. The van der Waals surface area contributed by atoms with Gasteiger partial charge in [0.2, 0.25) is 0 Å². The van der Waals surface area contributed by atoms with Gasteiger partial charge in [-0.2, -0.15) is 0 Å². The molecule has 0 aromatic rings. The van der Waals surface area contributed by atoms with E-state index in [2.05, 4.69) is 12.8 Å². The van der Waals surface area contributed by atoms with Crippen LogP contribution in [0.1, 0.15) is 33.1 Å². The zero-order valence-corrected chi connectivity index (χ0v) is 11.7. The van der Waals surface area contributed by atoms with Crippen LogP contribution in [0.4, 0.5) is 4.79 Å². The minimum atomic E-state index is -0.878. The number of rotatable bonds is 5. The van der Waals surface area contributed by atoms with E-state index in [0.29, 0.717) is 12.8 Å². The molecule has 0 saturated carbocycles. The van der Waals surface area contributed by atoms with Gasteiger partial charge in [-0.1, -0.05) is 0 Å². The maximum atomic E-state index is 12.2. The third kappa shape index (κ3) is 2.37. The van der Waals surface area contributed by atoms with E-state index >= 15 is 0 Å². The number of carbonyl (C=O) groups excluding carboxylic acids is 2. The highest BCUT2D eigenvalue weighted by Crippen LogP contribution is 2.35. The molecule has 0 aromatic heterocycles. The fraction of sp³-hybridized carbons (Fsp3) is 0.727. The molecule has 7 heteroatoms. The molecule has 1 rings (SSSR count). The molecular weight excluding hydrogens is 256 g/mol. The van der Waals surface area contributed by atoms with Gasteiger partial charge in [0.15, 0.2) is 5.54 Å². The van der Waals surface area contributed by atoms with Crippen molar-refractivity contribution in [1.82, 2.24) is 4.90 Å². The zero-order valence-electron chi connectivity index (χ0n) is 10.8. The Bertz CT molecular complexity index is 397. The molecule has 0 aliphatic carbocycles. The highest BCUT2D eigenvalue weighted by atomic mass is 32.1. The summed E-state index contributed by atoms with van der Waals surface area (Å²) in [6, 6.07) is -0.358. The maximum Gasteiger partial charge on any atom is 0.439 e. The quantitative estimate of drug-likeness (QED) is 0.343. The largest absolute Gasteiger partial charge is 0.481 e. The number of unbranched alkanes of at least 4 members (excludes halogenated alkanes) is 1. The number of imide groups is 1. The fourth-order valence-electron chi connectivity index (χ4n) is 1.98. The smallest absolute Gasteiger partial charge is 0.439 e. The van der Waals surface area contributed by atoms with Crippen molar-refractivity contribution < 1.29 is 23.4 Å². The molecule has 6 nitrogen and oxygen atoms in total. The number of quaternary nitrogens is 1. The van der Waals surface area contributed by atoms with Crippen molar-refractivity contribution in [3.05, 3.63) is 0 Å². The van der Waals surface area contributed by atoms with Crippen molar-refractivity contribution in [2.45, 2.75) is 38.6 Å². The highest BCUT2D eigenvalue weighted by Gasteiger charge is 2.62. The summed E-state index contributed by atoms with van der Waals surface area (Å²) >= 11 is 4.22.